The van der Waals surface area contributed by atoms with E-state index in [1.54, 1.807) is 0 Å². The van der Waals surface area contributed by atoms with Gasteiger partial charge in [-0.1, -0.05) is 0 Å². The predicted octanol–water partition coefficient (Wildman–Crippen LogP) is -3.53. The Morgan fingerprint density at radius 3 is 2.50 bits per heavy atom. The zero-order valence-corrected chi connectivity index (χ0v) is 4.28. The molecule has 6 heavy (non-hydrogen) atoms. The zero-order valence-electron chi connectivity index (χ0n) is 3.52. The van der Waals surface area contributed by atoms with Crippen LogP contribution in [0.15, 0.2) is 12.3 Å². The van der Waals surface area contributed by atoms with Crippen molar-refractivity contribution in [3.8, 4) is 0 Å². The first kappa shape index (κ1) is 5.99. The lowest BCUT2D eigenvalue weighted by atomic mass is 10.5. The molecule has 0 spiro atoms. The molecule has 0 bridgehead atoms. The summed E-state index contributed by atoms with van der Waals surface area (Å²) in [5, 5.41) is 2.18. The van der Waals surface area contributed by atoms with Crippen molar-refractivity contribution in [1.29, 1.82) is 0 Å². The molecule has 1 nitrogen and oxygen atoms in total. The molecule has 0 unspecified atom stereocenters. The number of hydrogen-bond donors (Lipinski definition) is 1. The lowest BCUT2D eigenvalue weighted by Crippen LogP contribution is -3.00. The minimum Gasteiger partial charge on any atom is -1.00 e. The first-order valence-corrected chi connectivity index (χ1v) is 1.98. The molecule has 0 aromatic heterocycles. The monoisotopic (exact) mass is 105 g/mol. The Morgan fingerprint density at radius 2 is 2.33 bits per heavy atom. The van der Waals surface area contributed by atoms with Gasteiger partial charge in [-0.05, 0) is 6.08 Å². The Labute approximate surface area is 43.8 Å². The number of quaternary nitrogens is 1. The van der Waals surface area contributed by atoms with Gasteiger partial charge in [-0.3, -0.25) is 0 Å². The molecule has 0 atom stereocenters. The molecule has 2 N–H and O–H groups in total. The van der Waals surface area contributed by atoms with Crippen LogP contribution in [0.1, 0.15) is 6.42 Å². The lowest BCUT2D eigenvalue weighted by Gasteiger charge is -1.71. The van der Waals surface area contributed by atoms with Crippen molar-refractivity contribution in [3.05, 3.63) is 12.3 Å². The summed E-state index contributed by atoms with van der Waals surface area (Å²) in [4.78, 5) is 0. The average molecular weight is 106 g/mol. The van der Waals surface area contributed by atoms with Gasteiger partial charge in [-0.2, -0.15) is 0 Å². The SMILES string of the molecule is C1=C[NH2+]CC1.[Cl-]. The van der Waals surface area contributed by atoms with Crippen molar-refractivity contribution in [2.24, 2.45) is 0 Å². The standard InChI is InChI=1S/C4H7N.ClH/c1-2-4-5-3-1;/h1,3,5H,2,4H2;1H. The molecule has 0 aliphatic carbocycles. The van der Waals surface area contributed by atoms with Crippen LogP contribution in [0.3, 0.4) is 0 Å². The maximum Gasteiger partial charge on any atom is 0.0887 e. The molecule has 0 amide bonds. The van der Waals surface area contributed by atoms with E-state index in [0.717, 1.165) is 0 Å². The van der Waals surface area contributed by atoms with Gasteiger partial charge in [0, 0.05) is 6.42 Å². The van der Waals surface area contributed by atoms with E-state index in [-0.39, 0.29) is 12.4 Å². The quantitative estimate of drug-likeness (QED) is 0.329. The second kappa shape index (κ2) is 3.19. The van der Waals surface area contributed by atoms with Crippen LogP contribution in [-0.2, 0) is 0 Å². The summed E-state index contributed by atoms with van der Waals surface area (Å²) in [5.74, 6) is 0. The second-order valence-electron chi connectivity index (χ2n) is 1.24. The van der Waals surface area contributed by atoms with Crippen LogP contribution < -0.4 is 17.7 Å². The van der Waals surface area contributed by atoms with Crippen molar-refractivity contribution >= 4 is 0 Å². The molecule has 0 radical (unpaired) electrons. The number of rotatable bonds is 0. The fourth-order valence-electron chi connectivity index (χ4n) is 0.481. The summed E-state index contributed by atoms with van der Waals surface area (Å²) in [7, 11) is 0. The molecule has 1 aliphatic rings. The summed E-state index contributed by atoms with van der Waals surface area (Å²) >= 11 is 0. The van der Waals surface area contributed by atoms with Crippen LogP contribution in [0.4, 0.5) is 0 Å². The van der Waals surface area contributed by atoms with Crippen LogP contribution in [0.5, 0.6) is 0 Å². The summed E-state index contributed by atoms with van der Waals surface area (Å²) in [6.45, 7) is 1.26. The highest BCUT2D eigenvalue weighted by Gasteiger charge is 1.87. The van der Waals surface area contributed by atoms with E-state index in [1.807, 2.05) is 0 Å². The molecular weight excluding hydrogens is 97.5 g/mol. The third-order valence-corrected chi connectivity index (χ3v) is 0.772. The number of hydrogen-bond acceptors (Lipinski definition) is 0. The van der Waals surface area contributed by atoms with Crippen molar-refractivity contribution < 1.29 is 17.7 Å². The van der Waals surface area contributed by atoms with Gasteiger partial charge in [0.05, 0.1) is 12.7 Å². The molecule has 1 aliphatic heterocycles. The van der Waals surface area contributed by atoms with E-state index in [4.69, 9.17) is 0 Å². The van der Waals surface area contributed by atoms with Gasteiger partial charge in [0.15, 0.2) is 0 Å². The van der Waals surface area contributed by atoms with Gasteiger partial charge in [0.25, 0.3) is 0 Å². The average Bonchev–Trinajstić information content (AvgIpc) is 1.76. The van der Waals surface area contributed by atoms with Gasteiger partial charge in [0.2, 0.25) is 0 Å². The Balaban J connectivity index is 0.000000250. The molecule has 1 heterocycles. The highest BCUT2D eigenvalue weighted by molar-refractivity contribution is 4.74. The normalized spacial score (nSPS) is 17.3. The number of halogens is 1. The molecule has 0 saturated carbocycles. The van der Waals surface area contributed by atoms with E-state index in [2.05, 4.69) is 17.6 Å². The van der Waals surface area contributed by atoms with Crippen LogP contribution in [0, 0.1) is 0 Å². The molecule has 0 saturated heterocycles. The molecule has 0 aromatic carbocycles. The fourth-order valence-corrected chi connectivity index (χ4v) is 0.481. The van der Waals surface area contributed by atoms with Gasteiger partial charge in [-0.15, -0.1) is 0 Å². The third-order valence-electron chi connectivity index (χ3n) is 0.772. The fraction of sp³-hybridized carbons (Fsp3) is 0.500. The number of nitrogens with two attached hydrogens (primary N) is 1. The van der Waals surface area contributed by atoms with E-state index in [9.17, 15) is 0 Å². The third kappa shape index (κ3) is 1.43. The Bertz CT molecular complexity index is 45.5. The largest absolute Gasteiger partial charge is 1.00 e. The first-order chi connectivity index (χ1) is 2.50. The maximum absolute atomic E-state index is 2.18. The molecule has 36 valence electrons. The van der Waals surface area contributed by atoms with Gasteiger partial charge >= 0.3 is 0 Å². The Hall–Kier alpha value is -0.0100. The van der Waals surface area contributed by atoms with E-state index in [1.165, 1.54) is 13.0 Å². The Kier molecular flexibility index (Phi) is 3.19. The topological polar surface area (TPSA) is 16.6 Å². The van der Waals surface area contributed by atoms with E-state index < -0.39 is 0 Å². The van der Waals surface area contributed by atoms with Gasteiger partial charge in [-0.25, -0.2) is 0 Å². The summed E-state index contributed by atoms with van der Waals surface area (Å²) < 4.78 is 0. The predicted molar refractivity (Wildman–Crippen MR) is 20.5 cm³/mol. The van der Waals surface area contributed by atoms with Crippen LogP contribution in [0.25, 0.3) is 0 Å². The van der Waals surface area contributed by atoms with Crippen LogP contribution in [0.2, 0.25) is 0 Å². The summed E-state index contributed by atoms with van der Waals surface area (Å²) in [6.07, 6.45) is 5.56. The lowest BCUT2D eigenvalue weighted by molar-refractivity contribution is -0.578. The van der Waals surface area contributed by atoms with Crippen molar-refractivity contribution in [1.82, 2.24) is 0 Å². The van der Waals surface area contributed by atoms with Gasteiger partial charge < -0.3 is 17.7 Å². The molecule has 0 fully saturated rings. The van der Waals surface area contributed by atoms with Crippen LogP contribution in [-0.4, -0.2) is 6.54 Å². The highest BCUT2D eigenvalue weighted by atomic mass is 35.5. The minimum atomic E-state index is 0. The smallest absolute Gasteiger partial charge is 0.0887 e. The van der Waals surface area contributed by atoms with Crippen molar-refractivity contribution in [2.75, 3.05) is 6.54 Å². The minimum absolute atomic E-state index is 0. The molecular formula is C4H8ClN. The van der Waals surface area contributed by atoms with Gasteiger partial charge in [0.1, 0.15) is 0 Å². The zero-order chi connectivity index (χ0) is 3.54. The maximum atomic E-state index is 2.18. The Morgan fingerprint density at radius 1 is 1.50 bits per heavy atom. The first-order valence-electron chi connectivity index (χ1n) is 1.98. The molecule has 1 rings (SSSR count). The van der Waals surface area contributed by atoms with Crippen molar-refractivity contribution in [3.63, 3.8) is 0 Å². The highest BCUT2D eigenvalue weighted by Crippen LogP contribution is 1.75. The second-order valence-corrected chi connectivity index (χ2v) is 1.24. The van der Waals surface area contributed by atoms with E-state index in [0.29, 0.717) is 0 Å². The summed E-state index contributed by atoms with van der Waals surface area (Å²) in [5.41, 5.74) is 0. The molecule has 2 heteroatoms. The van der Waals surface area contributed by atoms with Crippen molar-refractivity contribution in [2.45, 2.75) is 6.42 Å². The molecule has 0 aromatic rings. The van der Waals surface area contributed by atoms with E-state index >= 15 is 0 Å². The summed E-state index contributed by atoms with van der Waals surface area (Å²) in [6, 6.07) is 0. The van der Waals surface area contributed by atoms with Crippen LogP contribution >= 0.6 is 0 Å².